The van der Waals surface area contributed by atoms with E-state index in [2.05, 4.69) is 36.8 Å². The first-order valence-corrected chi connectivity index (χ1v) is 7.35. The highest BCUT2D eigenvalue weighted by molar-refractivity contribution is 9.11. The number of nitrogens with zero attached hydrogens (tertiary/aromatic N) is 2. The lowest BCUT2D eigenvalue weighted by atomic mass is 10.2. The largest absolute Gasteiger partial charge is 0.298 e. The Labute approximate surface area is 130 Å². The van der Waals surface area contributed by atoms with Gasteiger partial charge in [-0.25, -0.2) is 13.8 Å². The highest BCUT2D eigenvalue weighted by atomic mass is 79.9. The summed E-state index contributed by atoms with van der Waals surface area (Å²) in [4.78, 5) is 4.37. The number of aromatic nitrogens is 2. The average molecular weight is 402 g/mol. The molecule has 0 aliphatic rings. The van der Waals surface area contributed by atoms with Crippen molar-refractivity contribution in [1.82, 2.24) is 9.38 Å². The van der Waals surface area contributed by atoms with E-state index in [4.69, 9.17) is 0 Å². The normalized spacial score (nSPS) is 11.2. The molecule has 0 atom stereocenters. The van der Waals surface area contributed by atoms with Gasteiger partial charge in [0.2, 0.25) is 0 Å². The summed E-state index contributed by atoms with van der Waals surface area (Å²) in [5.41, 5.74) is 2.25. The molecule has 20 heavy (non-hydrogen) atoms. The van der Waals surface area contributed by atoms with E-state index in [0.717, 1.165) is 21.6 Å². The second-order valence-corrected chi connectivity index (χ2v) is 6.00. The van der Waals surface area contributed by atoms with E-state index in [9.17, 15) is 8.78 Å². The third-order valence-corrected chi connectivity index (χ3v) is 4.48. The molecule has 2 nitrogen and oxygen atoms in total. The van der Waals surface area contributed by atoms with E-state index in [1.807, 2.05) is 19.2 Å². The number of aryl methyl sites for hydroxylation is 1. The van der Waals surface area contributed by atoms with Crippen LogP contribution in [0.15, 0.2) is 39.5 Å². The van der Waals surface area contributed by atoms with Crippen LogP contribution >= 0.6 is 31.9 Å². The highest BCUT2D eigenvalue weighted by Crippen LogP contribution is 2.31. The molecule has 6 heteroatoms. The second-order valence-electron chi connectivity index (χ2n) is 4.39. The molecule has 0 fully saturated rings. The summed E-state index contributed by atoms with van der Waals surface area (Å²) in [5, 5.41) is 0. The minimum Gasteiger partial charge on any atom is -0.298 e. The van der Waals surface area contributed by atoms with Crippen molar-refractivity contribution in [2.75, 3.05) is 0 Å². The summed E-state index contributed by atoms with van der Waals surface area (Å²) >= 11 is 6.85. The fraction of sp³-hybridized carbons (Fsp3) is 0.0714. The lowest BCUT2D eigenvalue weighted by Crippen LogP contribution is -1.93. The predicted molar refractivity (Wildman–Crippen MR) is 80.7 cm³/mol. The van der Waals surface area contributed by atoms with Crippen LogP contribution in [0.4, 0.5) is 8.78 Å². The molecule has 0 spiro atoms. The summed E-state index contributed by atoms with van der Waals surface area (Å²) in [6, 6.07) is 5.25. The molecule has 2 aromatic heterocycles. The molecular formula is C14H8Br2F2N2. The van der Waals surface area contributed by atoms with Crippen LogP contribution < -0.4 is 0 Å². The van der Waals surface area contributed by atoms with Gasteiger partial charge < -0.3 is 0 Å². The van der Waals surface area contributed by atoms with Crippen LogP contribution in [-0.4, -0.2) is 9.38 Å². The zero-order valence-corrected chi connectivity index (χ0v) is 13.5. The van der Waals surface area contributed by atoms with Crippen molar-refractivity contribution in [3.05, 3.63) is 56.7 Å². The van der Waals surface area contributed by atoms with E-state index in [1.165, 1.54) is 12.1 Å². The fourth-order valence-corrected chi connectivity index (χ4v) is 3.11. The van der Waals surface area contributed by atoms with Crippen LogP contribution in [0.2, 0.25) is 0 Å². The van der Waals surface area contributed by atoms with E-state index in [0.29, 0.717) is 16.0 Å². The third kappa shape index (κ3) is 2.16. The topological polar surface area (TPSA) is 17.3 Å². The Morgan fingerprint density at radius 3 is 2.40 bits per heavy atom. The Morgan fingerprint density at radius 1 is 1.10 bits per heavy atom. The van der Waals surface area contributed by atoms with Crippen LogP contribution in [0.3, 0.4) is 0 Å². The van der Waals surface area contributed by atoms with Crippen molar-refractivity contribution < 1.29 is 8.78 Å². The standard InChI is InChI=1S/C14H8Br2F2N2/c1-7-11(15)2-3-20-12(7)13(16)19-14(20)8-4-9(17)6-10(18)5-8/h2-6H,1H3. The van der Waals surface area contributed by atoms with Gasteiger partial charge in [-0.15, -0.1) is 0 Å². The Kier molecular flexibility index (Phi) is 3.38. The number of benzene rings is 1. The number of imidazole rings is 1. The molecule has 102 valence electrons. The van der Waals surface area contributed by atoms with Crippen molar-refractivity contribution in [3.63, 3.8) is 0 Å². The summed E-state index contributed by atoms with van der Waals surface area (Å²) in [6.07, 6.45) is 1.81. The van der Waals surface area contributed by atoms with Gasteiger partial charge in [0, 0.05) is 22.3 Å². The second kappa shape index (κ2) is 4.93. The molecule has 2 heterocycles. The van der Waals surface area contributed by atoms with E-state index in [1.54, 1.807) is 4.40 Å². The fourth-order valence-electron chi connectivity index (χ4n) is 2.15. The summed E-state index contributed by atoms with van der Waals surface area (Å²) < 4.78 is 30.1. The Bertz CT molecular complexity index is 807. The van der Waals surface area contributed by atoms with Crippen molar-refractivity contribution in [2.45, 2.75) is 6.92 Å². The SMILES string of the molecule is Cc1c(Br)ccn2c(-c3cc(F)cc(F)c3)nc(Br)c12. The monoisotopic (exact) mass is 400 g/mol. The van der Waals surface area contributed by atoms with Gasteiger partial charge in [-0.2, -0.15) is 0 Å². The van der Waals surface area contributed by atoms with Crippen molar-refractivity contribution >= 4 is 37.4 Å². The van der Waals surface area contributed by atoms with E-state index in [-0.39, 0.29) is 0 Å². The summed E-state index contributed by atoms with van der Waals surface area (Å²) in [6.45, 7) is 1.95. The average Bonchev–Trinajstić information content (AvgIpc) is 2.71. The zero-order valence-electron chi connectivity index (χ0n) is 10.3. The van der Waals surface area contributed by atoms with Crippen molar-refractivity contribution in [3.8, 4) is 11.4 Å². The van der Waals surface area contributed by atoms with Gasteiger partial charge >= 0.3 is 0 Å². The predicted octanol–water partition coefficient (Wildman–Crippen LogP) is 5.11. The number of fused-ring (bicyclic) bond motifs is 1. The van der Waals surface area contributed by atoms with Gasteiger partial charge in [-0.1, -0.05) is 15.9 Å². The summed E-state index contributed by atoms with van der Waals surface area (Å²) in [7, 11) is 0. The molecule has 1 aromatic carbocycles. The third-order valence-electron chi connectivity index (χ3n) is 3.07. The maximum Gasteiger partial charge on any atom is 0.146 e. The molecule has 0 bridgehead atoms. The molecule has 0 aliphatic heterocycles. The molecule has 3 rings (SSSR count). The van der Waals surface area contributed by atoms with Gasteiger partial charge in [0.05, 0.1) is 5.52 Å². The molecule has 0 unspecified atom stereocenters. The van der Waals surface area contributed by atoms with Gasteiger partial charge in [0.25, 0.3) is 0 Å². The quantitative estimate of drug-likeness (QED) is 0.553. The Hall–Kier alpha value is -1.27. The minimum absolute atomic E-state index is 0.393. The van der Waals surface area contributed by atoms with Gasteiger partial charge in [0.15, 0.2) is 0 Å². The van der Waals surface area contributed by atoms with Gasteiger partial charge in [0.1, 0.15) is 22.1 Å². The van der Waals surface area contributed by atoms with E-state index < -0.39 is 11.6 Å². The number of rotatable bonds is 1. The zero-order chi connectivity index (χ0) is 14.4. The molecule has 0 radical (unpaired) electrons. The first kappa shape index (κ1) is 13.7. The first-order valence-electron chi connectivity index (χ1n) is 5.76. The molecule has 3 aromatic rings. The molecule has 0 saturated carbocycles. The molecule has 0 N–H and O–H groups in total. The molecule has 0 saturated heterocycles. The molecule has 0 aliphatic carbocycles. The maximum absolute atomic E-state index is 13.4. The van der Waals surface area contributed by atoms with Crippen molar-refractivity contribution in [1.29, 1.82) is 0 Å². The van der Waals surface area contributed by atoms with Crippen LogP contribution in [0.25, 0.3) is 16.9 Å². The number of hydrogen-bond donors (Lipinski definition) is 0. The maximum atomic E-state index is 13.4. The lowest BCUT2D eigenvalue weighted by Gasteiger charge is -2.05. The molecule has 0 amide bonds. The number of hydrogen-bond acceptors (Lipinski definition) is 1. The smallest absolute Gasteiger partial charge is 0.146 e. The minimum atomic E-state index is -0.623. The highest BCUT2D eigenvalue weighted by Gasteiger charge is 2.15. The Morgan fingerprint density at radius 2 is 1.75 bits per heavy atom. The van der Waals surface area contributed by atoms with Crippen molar-refractivity contribution in [2.24, 2.45) is 0 Å². The first-order chi connectivity index (χ1) is 9.47. The number of pyridine rings is 1. The molecular weight excluding hydrogens is 394 g/mol. The van der Waals surface area contributed by atoms with Crippen LogP contribution in [0.5, 0.6) is 0 Å². The van der Waals surface area contributed by atoms with E-state index >= 15 is 0 Å². The van der Waals surface area contributed by atoms with Gasteiger partial charge in [-0.3, -0.25) is 4.40 Å². The van der Waals surface area contributed by atoms with Crippen LogP contribution in [-0.2, 0) is 0 Å². The Balaban J connectivity index is 2.35. The summed E-state index contributed by atoms with van der Waals surface area (Å²) in [5.74, 6) is -0.760. The van der Waals surface area contributed by atoms with Gasteiger partial charge in [-0.05, 0) is 46.6 Å². The lowest BCUT2D eigenvalue weighted by molar-refractivity contribution is 0.584. The van der Waals surface area contributed by atoms with Crippen LogP contribution in [0.1, 0.15) is 5.56 Å². The van der Waals surface area contributed by atoms with Crippen LogP contribution in [0, 0.1) is 18.6 Å². The number of halogens is 4.